The molecule has 0 spiro atoms. The van der Waals surface area contributed by atoms with Crippen molar-refractivity contribution in [3.63, 3.8) is 0 Å². The predicted octanol–water partition coefficient (Wildman–Crippen LogP) is 4.98. The summed E-state index contributed by atoms with van der Waals surface area (Å²) < 4.78 is 0. The number of nitrogens with zero attached hydrogens (tertiary/aromatic N) is 1. The molecule has 1 aliphatic heterocycles. The van der Waals surface area contributed by atoms with Gasteiger partial charge in [0.1, 0.15) is 0 Å². The van der Waals surface area contributed by atoms with E-state index in [1.807, 2.05) is 32.0 Å². The minimum absolute atomic E-state index is 0.138. The fourth-order valence-corrected chi connectivity index (χ4v) is 5.68. The molecule has 0 unspecified atom stereocenters. The molecule has 5 nitrogen and oxygen atoms in total. The van der Waals surface area contributed by atoms with Crippen LogP contribution in [0.25, 0.3) is 0 Å². The highest BCUT2D eigenvalue weighted by Crippen LogP contribution is 2.44. The summed E-state index contributed by atoms with van der Waals surface area (Å²) in [6.45, 7) is 3.93. The monoisotopic (exact) mass is 532 g/mol. The first-order chi connectivity index (χ1) is 14.3. The Bertz CT molecular complexity index is 991. The molecule has 1 aliphatic carbocycles. The van der Waals surface area contributed by atoms with Crippen LogP contribution in [0, 0.1) is 25.7 Å². The molecule has 2 aromatic rings. The summed E-state index contributed by atoms with van der Waals surface area (Å²) in [5.41, 5.74) is 3.43. The molecule has 0 bridgehead atoms. The first-order valence-corrected chi connectivity index (χ1v) is 11.7. The van der Waals surface area contributed by atoms with Crippen molar-refractivity contribution in [1.29, 1.82) is 0 Å². The van der Waals surface area contributed by atoms with Gasteiger partial charge < -0.3 is 5.32 Å². The zero-order chi connectivity index (χ0) is 21.6. The minimum atomic E-state index is -0.355. The van der Waals surface area contributed by atoms with Gasteiger partial charge in [-0.15, -0.1) is 0 Å². The lowest BCUT2D eigenvalue weighted by Crippen LogP contribution is -2.34. The van der Waals surface area contributed by atoms with Gasteiger partial charge in [0.15, 0.2) is 0 Å². The minimum Gasteiger partial charge on any atom is -0.322 e. The number of para-hydroxylation sites is 1. The van der Waals surface area contributed by atoms with Crippen LogP contribution in [-0.4, -0.2) is 27.4 Å². The fourth-order valence-electron chi connectivity index (χ4n) is 4.44. The van der Waals surface area contributed by atoms with Crippen LogP contribution in [0.1, 0.15) is 34.3 Å². The zero-order valence-corrected chi connectivity index (χ0v) is 19.9. The normalized spacial score (nSPS) is 25.9. The van der Waals surface area contributed by atoms with E-state index in [1.54, 1.807) is 24.3 Å². The van der Waals surface area contributed by atoms with Crippen LogP contribution in [-0.2, 0) is 9.59 Å². The van der Waals surface area contributed by atoms with Gasteiger partial charge in [0, 0.05) is 15.3 Å². The molecule has 2 aliphatic rings. The number of alkyl halides is 2. The number of anilines is 2. The Morgan fingerprint density at radius 1 is 0.933 bits per heavy atom. The molecule has 0 aromatic heterocycles. The second kappa shape index (κ2) is 8.27. The second-order valence-electron chi connectivity index (χ2n) is 8.08. The summed E-state index contributed by atoms with van der Waals surface area (Å²) in [7, 11) is 0. The lowest BCUT2D eigenvalue weighted by molar-refractivity contribution is -0.122. The largest absolute Gasteiger partial charge is 0.322 e. The van der Waals surface area contributed by atoms with Gasteiger partial charge in [-0.3, -0.25) is 14.4 Å². The summed E-state index contributed by atoms with van der Waals surface area (Å²) >= 11 is 7.21. The SMILES string of the molecule is Cc1cc(C)cc(NC(=O)c2ccccc2N2C(=O)[C@H]3C[C@H](Br)[C@@H](Br)C[C@H]3C2=O)c1. The summed E-state index contributed by atoms with van der Waals surface area (Å²) in [6, 6.07) is 12.6. The average Bonchev–Trinajstić information content (AvgIpc) is 2.91. The number of nitrogens with one attached hydrogen (secondary N) is 1. The van der Waals surface area contributed by atoms with Crippen molar-refractivity contribution in [3.05, 3.63) is 59.2 Å². The van der Waals surface area contributed by atoms with Gasteiger partial charge in [-0.05, 0) is 62.1 Å². The number of carbonyl (C=O) groups is 3. The molecule has 1 N–H and O–H groups in total. The maximum absolute atomic E-state index is 13.2. The van der Waals surface area contributed by atoms with Crippen LogP contribution in [0.5, 0.6) is 0 Å². The molecule has 7 heteroatoms. The van der Waals surface area contributed by atoms with E-state index in [-0.39, 0.29) is 39.2 Å². The highest BCUT2D eigenvalue weighted by molar-refractivity contribution is 9.12. The Morgan fingerprint density at radius 2 is 1.47 bits per heavy atom. The molecule has 2 fully saturated rings. The number of benzene rings is 2. The molecule has 30 heavy (non-hydrogen) atoms. The Labute approximate surface area is 192 Å². The van der Waals surface area contributed by atoms with Crippen molar-refractivity contribution in [2.75, 3.05) is 10.2 Å². The Balaban J connectivity index is 1.65. The van der Waals surface area contributed by atoms with Crippen LogP contribution in [0.3, 0.4) is 0 Å². The van der Waals surface area contributed by atoms with Crippen LogP contribution in [0.2, 0.25) is 0 Å². The van der Waals surface area contributed by atoms with Crippen molar-refractivity contribution >= 4 is 61.0 Å². The Morgan fingerprint density at radius 3 is 2.03 bits per heavy atom. The van der Waals surface area contributed by atoms with Crippen molar-refractivity contribution in [2.24, 2.45) is 11.8 Å². The zero-order valence-electron chi connectivity index (χ0n) is 16.7. The van der Waals surface area contributed by atoms with Gasteiger partial charge in [-0.2, -0.15) is 0 Å². The van der Waals surface area contributed by atoms with Gasteiger partial charge >= 0.3 is 0 Å². The van der Waals surface area contributed by atoms with Crippen molar-refractivity contribution in [3.8, 4) is 0 Å². The molecule has 2 aromatic carbocycles. The maximum Gasteiger partial charge on any atom is 0.257 e. The van der Waals surface area contributed by atoms with Gasteiger partial charge in [0.05, 0.1) is 23.1 Å². The van der Waals surface area contributed by atoms with Crippen LogP contribution < -0.4 is 10.2 Å². The third-order valence-electron chi connectivity index (χ3n) is 5.78. The van der Waals surface area contributed by atoms with E-state index in [1.165, 1.54) is 4.90 Å². The van der Waals surface area contributed by atoms with Crippen LogP contribution in [0.15, 0.2) is 42.5 Å². The van der Waals surface area contributed by atoms with Crippen molar-refractivity contribution in [1.82, 2.24) is 0 Å². The summed E-state index contributed by atoms with van der Waals surface area (Å²) in [4.78, 5) is 40.9. The van der Waals surface area contributed by atoms with Crippen molar-refractivity contribution < 1.29 is 14.4 Å². The Kier molecular flexibility index (Phi) is 5.86. The highest BCUT2D eigenvalue weighted by Gasteiger charge is 2.52. The standard InChI is InChI=1S/C23H22Br2N2O3/c1-12-7-13(2)9-14(8-12)26-21(28)15-5-3-4-6-20(15)27-22(29)16-10-18(24)19(25)11-17(16)23(27)30/h3-9,16-19H,10-11H2,1-2H3,(H,26,28)/t16-,17+,18-,19-/m0/s1. The van der Waals surface area contributed by atoms with Crippen LogP contribution in [0.4, 0.5) is 11.4 Å². The highest BCUT2D eigenvalue weighted by atomic mass is 79.9. The fraction of sp³-hybridized carbons (Fsp3) is 0.348. The third-order valence-corrected chi connectivity index (χ3v) is 8.51. The average molecular weight is 534 g/mol. The van der Waals surface area contributed by atoms with Gasteiger partial charge in [-0.1, -0.05) is 50.1 Å². The van der Waals surface area contributed by atoms with E-state index in [2.05, 4.69) is 37.2 Å². The first kappa shape index (κ1) is 21.2. The summed E-state index contributed by atoms with van der Waals surface area (Å²) in [5, 5.41) is 2.91. The molecule has 4 rings (SSSR count). The number of rotatable bonds is 3. The molecular formula is C23H22Br2N2O3. The number of hydrogen-bond acceptors (Lipinski definition) is 3. The third kappa shape index (κ3) is 3.85. The van der Waals surface area contributed by atoms with Gasteiger partial charge in [0.25, 0.3) is 5.91 Å². The molecule has 1 saturated carbocycles. The van der Waals surface area contributed by atoms with Crippen LogP contribution >= 0.6 is 31.9 Å². The van der Waals surface area contributed by atoms with E-state index < -0.39 is 0 Å². The van der Waals surface area contributed by atoms with E-state index in [0.717, 1.165) is 11.1 Å². The number of amides is 3. The molecule has 0 radical (unpaired) electrons. The van der Waals surface area contributed by atoms with Crippen molar-refractivity contribution in [2.45, 2.75) is 36.3 Å². The first-order valence-electron chi connectivity index (χ1n) is 9.91. The number of carbonyl (C=O) groups excluding carboxylic acids is 3. The molecule has 156 valence electrons. The topological polar surface area (TPSA) is 66.5 Å². The van der Waals surface area contributed by atoms with Gasteiger partial charge in [-0.25, -0.2) is 4.90 Å². The number of halogens is 2. The van der Waals surface area contributed by atoms with E-state index in [0.29, 0.717) is 29.8 Å². The smallest absolute Gasteiger partial charge is 0.257 e. The molecular weight excluding hydrogens is 512 g/mol. The Hall–Kier alpha value is -1.99. The summed E-state index contributed by atoms with van der Waals surface area (Å²) in [5.74, 6) is -1.50. The molecule has 1 saturated heterocycles. The number of aryl methyl sites for hydroxylation is 2. The maximum atomic E-state index is 13.2. The predicted molar refractivity (Wildman–Crippen MR) is 124 cm³/mol. The van der Waals surface area contributed by atoms with E-state index in [4.69, 9.17) is 0 Å². The lowest BCUT2D eigenvalue weighted by atomic mass is 9.81. The number of hydrogen-bond donors (Lipinski definition) is 1. The molecule has 1 heterocycles. The van der Waals surface area contributed by atoms with E-state index >= 15 is 0 Å². The lowest BCUT2D eigenvalue weighted by Gasteiger charge is -2.29. The molecule has 4 atom stereocenters. The number of fused-ring (bicyclic) bond motifs is 1. The van der Waals surface area contributed by atoms with Gasteiger partial charge in [0.2, 0.25) is 11.8 Å². The number of imide groups is 1. The summed E-state index contributed by atoms with van der Waals surface area (Å²) in [6.07, 6.45) is 1.19. The molecule has 3 amide bonds. The second-order valence-corrected chi connectivity index (χ2v) is 10.4. The van der Waals surface area contributed by atoms with E-state index in [9.17, 15) is 14.4 Å². The quantitative estimate of drug-likeness (QED) is 0.447.